The number of aromatic nitrogens is 3. The van der Waals surface area contributed by atoms with Gasteiger partial charge in [0.05, 0.1) is 12.2 Å². The third-order valence-electron chi connectivity index (χ3n) is 7.20. The molecule has 3 aliphatic heterocycles. The van der Waals surface area contributed by atoms with Crippen LogP contribution >= 0.6 is 0 Å². The zero-order chi connectivity index (χ0) is 23.9. The Hall–Kier alpha value is -3.85. The van der Waals surface area contributed by atoms with Crippen LogP contribution in [0.15, 0.2) is 54.7 Å². The van der Waals surface area contributed by atoms with Crippen molar-refractivity contribution in [2.24, 2.45) is 0 Å². The van der Waals surface area contributed by atoms with Gasteiger partial charge in [-0.3, -0.25) is 24.6 Å². The molecule has 1 N–H and O–H groups in total. The molecule has 0 radical (unpaired) electrons. The number of nitrogens with one attached hydrogen (secondary N) is 1. The van der Waals surface area contributed by atoms with Crippen LogP contribution in [0.1, 0.15) is 46.8 Å². The Labute approximate surface area is 202 Å². The molecule has 2 saturated heterocycles. The number of rotatable bonds is 5. The second-order valence-electron chi connectivity index (χ2n) is 9.52. The number of imide groups is 1. The summed E-state index contributed by atoms with van der Waals surface area (Å²) in [4.78, 5) is 40.7. The van der Waals surface area contributed by atoms with Crippen molar-refractivity contribution in [3.63, 3.8) is 0 Å². The van der Waals surface area contributed by atoms with Gasteiger partial charge in [0.2, 0.25) is 11.8 Å². The molecule has 2 unspecified atom stereocenters. The van der Waals surface area contributed by atoms with Gasteiger partial charge >= 0.3 is 0 Å². The van der Waals surface area contributed by atoms with Gasteiger partial charge in [-0.2, -0.15) is 0 Å². The monoisotopic (exact) mass is 470 g/mol. The van der Waals surface area contributed by atoms with E-state index in [-0.39, 0.29) is 24.3 Å². The zero-order valence-corrected chi connectivity index (χ0v) is 19.3. The van der Waals surface area contributed by atoms with E-state index in [9.17, 15) is 14.4 Å². The summed E-state index contributed by atoms with van der Waals surface area (Å²) in [7, 11) is 0. The first-order valence-electron chi connectivity index (χ1n) is 12.0. The minimum atomic E-state index is -0.613. The van der Waals surface area contributed by atoms with E-state index in [0.29, 0.717) is 18.5 Å². The van der Waals surface area contributed by atoms with Gasteiger partial charge in [0.1, 0.15) is 11.7 Å². The SMILES string of the molecule is O=C1CCC(N2Cc3cc(-c4cn(C5CCN(Cc6ccccc6)C5)nn4)ccc3C2=O)C(=O)N1. The summed E-state index contributed by atoms with van der Waals surface area (Å²) in [6, 6.07) is 15.8. The molecule has 178 valence electrons. The average Bonchev–Trinajstić information content (AvgIpc) is 3.59. The molecule has 4 heterocycles. The molecule has 6 rings (SSSR count). The molecule has 0 saturated carbocycles. The smallest absolute Gasteiger partial charge is 0.255 e. The Bertz CT molecular complexity index is 1300. The predicted molar refractivity (Wildman–Crippen MR) is 127 cm³/mol. The average molecular weight is 471 g/mol. The van der Waals surface area contributed by atoms with Crippen LogP contribution in [0, 0.1) is 0 Å². The molecular formula is C26H26N6O3. The molecule has 2 atom stereocenters. The third kappa shape index (κ3) is 4.12. The summed E-state index contributed by atoms with van der Waals surface area (Å²) in [5, 5.41) is 11.2. The number of amides is 3. The van der Waals surface area contributed by atoms with Gasteiger partial charge < -0.3 is 4.90 Å². The first-order valence-corrected chi connectivity index (χ1v) is 12.0. The highest BCUT2D eigenvalue weighted by atomic mass is 16.2. The minimum absolute atomic E-state index is 0.172. The van der Waals surface area contributed by atoms with E-state index in [0.717, 1.165) is 42.9 Å². The van der Waals surface area contributed by atoms with E-state index >= 15 is 0 Å². The highest BCUT2D eigenvalue weighted by molar-refractivity contribution is 6.05. The number of benzene rings is 2. The highest BCUT2D eigenvalue weighted by Crippen LogP contribution is 2.31. The Morgan fingerprint density at radius 2 is 1.89 bits per heavy atom. The van der Waals surface area contributed by atoms with E-state index in [1.807, 2.05) is 29.1 Å². The summed E-state index contributed by atoms with van der Waals surface area (Å²) in [5.74, 6) is -0.858. The molecule has 9 nitrogen and oxygen atoms in total. The molecular weight excluding hydrogens is 444 g/mol. The maximum Gasteiger partial charge on any atom is 0.255 e. The minimum Gasteiger partial charge on any atom is -0.322 e. The van der Waals surface area contributed by atoms with Crippen LogP contribution in [0.3, 0.4) is 0 Å². The summed E-state index contributed by atoms with van der Waals surface area (Å²) in [5.41, 5.74) is 4.43. The van der Waals surface area contributed by atoms with Gasteiger partial charge in [0, 0.05) is 43.7 Å². The third-order valence-corrected chi connectivity index (χ3v) is 7.20. The van der Waals surface area contributed by atoms with Crippen molar-refractivity contribution in [2.45, 2.75) is 44.4 Å². The maximum atomic E-state index is 12.9. The number of carbonyl (C=O) groups excluding carboxylic acids is 3. The van der Waals surface area contributed by atoms with Crippen LogP contribution in [-0.4, -0.2) is 61.6 Å². The molecule has 35 heavy (non-hydrogen) atoms. The standard InChI is InChI=1S/C26H26N6O3/c33-24-9-8-23(25(34)27-24)31-14-19-12-18(6-7-21(19)26(31)35)22-16-32(29-28-22)20-10-11-30(15-20)13-17-4-2-1-3-5-17/h1-7,12,16,20,23H,8-11,13-15H2,(H,27,33,34). The van der Waals surface area contributed by atoms with Gasteiger partial charge in [0.25, 0.3) is 5.91 Å². The predicted octanol–water partition coefficient (Wildman–Crippen LogP) is 2.15. The normalized spacial score (nSPS) is 22.5. The largest absolute Gasteiger partial charge is 0.322 e. The molecule has 3 amide bonds. The van der Waals surface area contributed by atoms with Crippen LogP contribution in [0.4, 0.5) is 0 Å². The van der Waals surface area contributed by atoms with Crippen molar-refractivity contribution in [3.8, 4) is 11.3 Å². The van der Waals surface area contributed by atoms with E-state index in [1.54, 1.807) is 11.0 Å². The molecule has 0 aliphatic carbocycles. The van der Waals surface area contributed by atoms with Gasteiger partial charge in [0.15, 0.2) is 0 Å². The van der Waals surface area contributed by atoms with Crippen LogP contribution in [-0.2, 0) is 22.7 Å². The van der Waals surface area contributed by atoms with Crippen LogP contribution in [0.2, 0.25) is 0 Å². The number of piperidine rings is 1. The lowest BCUT2D eigenvalue weighted by Gasteiger charge is -2.29. The van der Waals surface area contributed by atoms with E-state index in [1.165, 1.54) is 5.56 Å². The number of hydrogen-bond donors (Lipinski definition) is 1. The lowest BCUT2D eigenvalue weighted by atomic mass is 10.0. The fraction of sp³-hybridized carbons (Fsp3) is 0.346. The molecule has 2 fully saturated rings. The molecule has 1 aromatic heterocycles. The van der Waals surface area contributed by atoms with Crippen molar-refractivity contribution >= 4 is 17.7 Å². The van der Waals surface area contributed by atoms with Crippen molar-refractivity contribution in [3.05, 3.63) is 71.4 Å². The summed E-state index contributed by atoms with van der Waals surface area (Å²) in [6.07, 6.45) is 3.60. The van der Waals surface area contributed by atoms with Crippen molar-refractivity contribution in [1.29, 1.82) is 0 Å². The number of nitrogens with zero attached hydrogens (tertiary/aromatic N) is 5. The number of likely N-dealkylation sites (tertiary alicyclic amines) is 1. The number of fused-ring (bicyclic) bond motifs is 1. The number of carbonyl (C=O) groups is 3. The van der Waals surface area contributed by atoms with Crippen LogP contribution in [0.5, 0.6) is 0 Å². The first kappa shape index (κ1) is 21.7. The Kier molecular flexibility index (Phi) is 5.41. The maximum absolute atomic E-state index is 12.9. The van der Waals surface area contributed by atoms with Gasteiger partial charge in [-0.15, -0.1) is 5.10 Å². The Morgan fingerprint density at radius 3 is 2.71 bits per heavy atom. The van der Waals surface area contributed by atoms with E-state index in [2.05, 4.69) is 44.8 Å². The van der Waals surface area contributed by atoms with Crippen molar-refractivity contribution in [2.75, 3.05) is 13.1 Å². The molecule has 0 spiro atoms. The van der Waals surface area contributed by atoms with Crippen LogP contribution < -0.4 is 5.32 Å². The fourth-order valence-electron chi connectivity index (χ4n) is 5.33. The molecule has 9 heteroatoms. The zero-order valence-electron chi connectivity index (χ0n) is 19.3. The summed E-state index contributed by atoms with van der Waals surface area (Å²) >= 11 is 0. The Balaban J connectivity index is 1.15. The quantitative estimate of drug-likeness (QED) is 0.574. The number of hydrogen-bond acceptors (Lipinski definition) is 6. The topological polar surface area (TPSA) is 100 Å². The van der Waals surface area contributed by atoms with E-state index < -0.39 is 11.9 Å². The molecule has 3 aromatic rings. The lowest BCUT2D eigenvalue weighted by molar-refractivity contribution is -0.136. The van der Waals surface area contributed by atoms with Crippen LogP contribution in [0.25, 0.3) is 11.3 Å². The second kappa shape index (κ2) is 8.74. The summed E-state index contributed by atoms with van der Waals surface area (Å²) in [6.45, 7) is 3.23. The Morgan fingerprint density at radius 1 is 1.03 bits per heavy atom. The van der Waals surface area contributed by atoms with Crippen molar-refractivity contribution < 1.29 is 14.4 Å². The van der Waals surface area contributed by atoms with E-state index in [4.69, 9.17) is 0 Å². The van der Waals surface area contributed by atoms with Gasteiger partial charge in [-0.05, 0) is 36.1 Å². The lowest BCUT2D eigenvalue weighted by Crippen LogP contribution is -2.52. The highest BCUT2D eigenvalue weighted by Gasteiger charge is 2.39. The molecule has 0 bridgehead atoms. The van der Waals surface area contributed by atoms with Crippen molar-refractivity contribution in [1.82, 2.24) is 30.1 Å². The molecule has 3 aliphatic rings. The van der Waals surface area contributed by atoms with Gasteiger partial charge in [-0.25, -0.2) is 4.68 Å². The van der Waals surface area contributed by atoms with Gasteiger partial charge in [-0.1, -0.05) is 41.6 Å². The molecule has 2 aromatic carbocycles. The fourth-order valence-corrected chi connectivity index (χ4v) is 5.33. The second-order valence-corrected chi connectivity index (χ2v) is 9.52. The summed E-state index contributed by atoms with van der Waals surface area (Å²) < 4.78 is 1.95. The first-order chi connectivity index (χ1) is 17.0.